The molecule has 3 aromatic carbocycles. The molecule has 23 heavy (non-hydrogen) atoms. The van der Waals surface area contributed by atoms with E-state index < -0.39 is 0 Å². The molecule has 0 heterocycles. The predicted octanol–water partition coefficient (Wildman–Crippen LogP) is 4.27. The van der Waals surface area contributed by atoms with E-state index in [1.807, 2.05) is 67.6 Å². The molecule has 0 fully saturated rings. The minimum Gasteiger partial charge on any atom is -0.484 e. The average molecular weight is 305 g/mol. The zero-order valence-corrected chi connectivity index (χ0v) is 13.1. The first-order valence-corrected chi connectivity index (χ1v) is 7.75. The average Bonchev–Trinajstić information content (AvgIpc) is 2.62. The molecule has 116 valence electrons. The summed E-state index contributed by atoms with van der Waals surface area (Å²) in [6.45, 7) is 2.61. The summed E-state index contributed by atoms with van der Waals surface area (Å²) in [5, 5.41) is 2.20. The summed E-state index contributed by atoms with van der Waals surface area (Å²) in [6, 6.07) is 23.5. The predicted molar refractivity (Wildman–Crippen MR) is 93.9 cm³/mol. The van der Waals surface area contributed by atoms with E-state index >= 15 is 0 Å². The van der Waals surface area contributed by atoms with Crippen LogP contribution in [-0.2, 0) is 4.79 Å². The Morgan fingerprint density at radius 1 is 0.913 bits per heavy atom. The minimum atomic E-state index is -0.0484. The number of rotatable bonds is 5. The fourth-order valence-corrected chi connectivity index (χ4v) is 2.66. The van der Waals surface area contributed by atoms with Gasteiger partial charge in [0.25, 0.3) is 5.91 Å². The Labute approximate surface area is 136 Å². The monoisotopic (exact) mass is 305 g/mol. The lowest BCUT2D eigenvalue weighted by Gasteiger charge is -2.23. The maximum Gasteiger partial charge on any atom is 0.264 e. The van der Waals surface area contributed by atoms with Gasteiger partial charge in [-0.05, 0) is 30.5 Å². The number of anilines is 1. The molecule has 1 amide bonds. The molecule has 0 aliphatic rings. The van der Waals surface area contributed by atoms with Gasteiger partial charge in [0.1, 0.15) is 5.75 Å². The van der Waals surface area contributed by atoms with Crippen molar-refractivity contribution in [1.29, 1.82) is 0 Å². The Hall–Kier alpha value is -2.81. The van der Waals surface area contributed by atoms with Crippen LogP contribution < -0.4 is 9.64 Å². The van der Waals surface area contributed by atoms with Gasteiger partial charge >= 0.3 is 0 Å². The second kappa shape index (κ2) is 6.97. The fraction of sp³-hybridized carbons (Fsp3) is 0.150. The molecule has 3 nitrogen and oxygen atoms in total. The van der Waals surface area contributed by atoms with Crippen LogP contribution in [0.1, 0.15) is 6.92 Å². The van der Waals surface area contributed by atoms with Crippen molar-refractivity contribution in [2.75, 3.05) is 18.1 Å². The van der Waals surface area contributed by atoms with Crippen LogP contribution in [0.4, 0.5) is 5.69 Å². The third-order valence-electron chi connectivity index (χ3n) is 3.78. The molecule has 0 atom stereocenters. The number of para-hydroxylation sites is 1. The van der Waals surface area contributed by atoms with Gasteiger partial charge < -0.3 is 9.64 Å². The number of carbonyl (C=O) groups is 1. The van der Waals surface area contributed by atoms with Gasteiger partial charge in [0.15, 0.2) is 6.61 Å². The lowest BCUT2D eigenvalue weighted by Crippen LogP contribution is -2.34. The fourth-order valence-electron chi connectivity index (χ4n) is 2.66. The molecule has 0 aliphatic carbocycles. The van der Waals surface area contributed by atoms with Crippen molar-refractivity contribution in [2.45, 2.75) is 6.92 Å². The van der Waals surface area contributed by atoms with E-state index in [9.17, 15) is 4.79 Å². The second-order valence-corrected chi connectivity index (χ2v) is 5.24. The number of fused-ring (bicyclic) bond motifs is 1. The van der Waals surface area contributed by atoms with Crippen LogP contribution in [0.15, 0.2) is 72.8 Å². The van der Waals surface area contributed by atoms with E-state index in [2.05, 4.69) is 12.1 Å². The summed E-state index contributed by atoms with van der Waals surface area (Å²) in [6.07, 6.45) is 0. The number of hydrogen-bond donors (Lipinski definition) is 0. The van der Waals surface area contributed by atoms with Crippen LogP contribution in [0.25, 0.3) is 10.8 Å². The van der Waals surface area contributed by atoms with Crippen molar-refractivity contribution >= 4 is 22.4 Å². The van der Waals surface area contributed by atoms with E-state index in [0.29, 0.717) is 12.3 Å². The van der Waals surface area contributed by atoms with Crippen molar-refractivity contribution in [2.24, 2.45) is 0 Å². The Morgan fingerprint density at radius 2 is 1.61 bits per heavy atom. The molecule has 0 spiro atoms. The number of ether oxygens (including phenoxy) is 1. The first kappa shape index (κ1) is 15.1. The van der Waals surface area contributed by atoms with E-state index in [-0.39, 0.29) is 12.5 Å². The van der Waals surface area contributed by atoms with Crippen LogP contribution in [0.5, 0.6) is 5.75 Å². The van der Waals surface area contributed by atoms with Gasteiger partial charge in [-0.1, -0.05) is 54.6 Å². The number of hydrogen-bond acceptors (Lipinski definition) is 2. The maximum atomic E-state index is 12.6. The summed E-state index contributed by atoms with van der Waals surface area (Å²) in [5.41, 5.74) is 0.923. The molecule has 0 aromatic heterocycles. The van der Waals surface area contributed by atoms with Crippen molar-refractivity contribution in [3.63, 3.8) is 0 Å². The van der Waals surface area contributed by atoms with Crippen LogP contribution in [0.2, 0.25) is 0 Å². The highest BCUT2D eigenvalue weighted by molar-refractivity contribution is 6.04. The van der Waals surface area contributed by atoms with Crippen LogP contribution in [-0.4, -0.2) is 19.1 Å². The molecule has 0 radical (unpaired) electrons. The Morgan fingerprint density at radius 3 is 2.39 bits per heavy atom. The summed E-state index contributed by atoms with van der Waals surface area (Å²) in [7, 11) is 0. The second-order valence-electron chi connectivity index (χ2n) is 5.24. The molecular formula is C20H19NO2. The SMILES string of the molecule is CCN(C(=O)COc1ccccc1)c1cccc2ccccc12. The van der Waals surface area contributed by atoms with Gasteiger partial charge in [-0.25, -0.2) is 0 Å². The molecule has 0 N–H and O–H groups in total. The molecular weight excluding hydrogens is 286 g/mol. The van der Waals surface area contributed by atoms with Crippen LogP contribution >= 0.6 is 0 Å². The highest BCUT2D eigenvalue weighted by Crippen LogP contribution is 2.26. The molecule has 3 aromatic rings. The number of likely N-dealkylation sites (N-methyl/N-ethyl adjacent to an activating group) is 1. The highest BCUT2D eigenvalue weighted by Gasteiger charge is 2.16. The quantitative estimate of drug-likeness (QED) is 0.704. The minimum absolute atomic E-state index is 0.0288. The number of carbonyl (C=O) groups excluding carboxylic acids is 1. The van der Waals surface area contributed by atoms with E-state index in [4.69, 9.17) is 4.74 Å². The number of nitrogens with zero attached hydrogens (tertiary/aromatic N) is 1. The van der Waals surface area contributed by atoms with Crippen molar-refractivity contribution in [3.8, 4) is 5.75 Å². The lowest BCUT2D eigenvalue weighted by molar-refractivity contribution is -0.120. The molecule has 0 saturated heterocycles. The van der Waals surface area contributed by atoms with Gasteiger partial charge in [0.2, 0.25) is 0 Å². The van der Waals surface area contributed by atoms with E-state index in [1.165, 1.54) is 0 Å². The smallest absolute Gasteiger partial charge is 0.264 e. The number of amides is 1. The third-order valence-corrected chi connectivity index (χ3v) is 3.78. The van der Waals surface area contributed by atoms with Crippen molar-refractivity contribution in [1.82, 2.24) is 0 Å². The molecule has 0 bridgehead atoms. The van der Waals surface area contributed by atoms with Gasteiger partial charge in [-0.3, -0.25) is 4.79 Å². The van der Waals surface area contributed by atoms with Crippen LogP contribution in [0, 0.1) is 0 Å². The Bertz CT molecular complexity index is 794. The van der Waals surface area contributed by atoms with E-state index in [0.717, 1.165) is 16.5 Å². The van der Waals surface area contributed by atoms with Crippen LogP contribution in [0.3, 0.4) is 0 Å². The normalized spacial score (nSPS) is 10.5. The molecule has 0 saturated carbocycles. The Kier molecular flexibility index (Phi) is 4.57. The zero-order chi connectivity index (χ0) is 16.1. The van der Waals surface area contributed by atoms with Gasteiger partial charge in [-0.2, -0.15) is 0 Å². The molecule has 3 heteroatoms. The lowest BCUT2D eigenvalue weighted by atomic mass is 10.1. The Balaban J connectivity index is 1.82. The third kappa shape index (κ3) is 3.34. The van der Waals surface area contributed by atoms with Gasteiger partial charge in [0.05, 0.1) is 5.69 Å². The number of benzene rings is 3. The van der Waals surface area contributed by atoms with Gasteiger partial charge in [0, 0.05) is 11.9 Å². The zero-order valence-electron chi connectivity index (χ0n) is 13.1. The summed E-state index contributed by atoms with van der Waals surface area (Å²) >= 11 is 0. The maximum absolute atomic E-state index is 12.6. The highest BCUT2D eigenvalue weighted by atomic mass is 16.5. The first-order chi connectivity index (χ1) is 11.3. The first-order valence-electron chi connectivity index (χ1n) is 7.75. The largest absolute Gasteiger partial charge is 0.484 e. The summed E-state index contributed by atoms with van der Waals surface area (Å²) in [5.74, 6) is 0.655. The van der Waals surface area contributed by atoms with Crippen molar-refractivity contribution < 1.29 is 9.53 Å². The van der Waals surface area contributed by atoms with E-state index in [1.54, 1.807) is 4.90 Å². The van der Waals surface area contributed by atoms with Crippen molar-refractivity contribution in [3.05, 3.63) is 72.8 Å². The molecule has 3 rings (SSSR count). The molecule has 0 aliphatic heterocycles. The molecule has 0 unspecified atom stereocenters. The van der Waals surface area contributed by atoms with Gasteiger partial charge in [-0.15, -0.1) is 0 Å². The summed E-state index contributed by atoms with van der Waals surface area (Å²) in [4.78, 5) is 14.4. The summed E-state index contributed by atoms with van der Waals surface area (Å²) < 4.78 is 5.59. The standard InChI is InChI=1S/C20H19NO2/c1-2-21(20(22)15-23-17-11-4-3-5-12-17)19-14-8-10-16-9-6-7-13-18(16)19/h3-14H,2,15H2,1H3. The topological polar surface area (TPSA) is 29.5 Å².